The first-order valence-electron chi connectivity index (χ1n) is 7.25. The zero-order chi connectivity index (χ0) is 15.2. The Hall–Kier alpha value is -2.88. The molecule has 0 aliphatic rings. The van der Waals surface area contributed by atoms with Crippen molar-refractivity contribution >= 4 is 22.5 Å². The minimum atomic E-state index is -0.203. The number of benzene rings is 2. The summed E-state index contributed by atoms with van der Waals surface area (Å²) in [5.74, 6) is 0. The Kier molecular flexibility index (Phi) is 4.30. The Morgan fingerprint density at radius 3 is 2.59 bits per heavy atom. The Bertz CT molecular complexity index is 771. The average molecular weight is 291 g/mol. The smallest absolute Gasteiger partial charge is 0.319 e. The van der Waals surface area contributed by atoms with Crippen molar-refractivity contribution in [3.05, 3.63) is 72.6 Å². The quantitative estimate of drug-likeness (QED) is 0.771. The fourth-order valence-electron chi connectivity index (χ4n) is 2.29. The van der Waals surface area contributed by atoms with Gasteiger partial charge in [0.25, 0.3) is 0 Å². The lowest BCUT2D eigenvalue weighted by Gasteiger charge is -2.08. The van der Waals surface area contributed by atoms with E-state index < -0.39 is 0 Å². The topological polar surface area (TPSA) is 54.0 Å². The minimum absolute atomic E-state index is 0.203. The number of aromatic nitrogens is 1. The predicted octanol–water partition coefficient (Wildman–Crippen LogP) is 3.60. The van der Waals surface area contributed by atoms with E-state index in [0.29, 0.717) is 13.0 Å². The van der Waals surface area contributed by atoms with Gasteiger partial charge in [-0.1, -0.05) is 36.4 Å². The number of fused-ring (bicyclic) bond motifs is 1. The molecule has 0 aliphatic carbocycles. The molecule has 22 heavy (non-hydrogen) atoms. The molecule has 4 nitrogen and oxygen atoms in total. The van der Waals surface area contributed by atoms with Crippen molar-refractivity contribution in [2.24, 2.45) is 0 Å². The summed E-state index contributed by atoms with van der Waals surface area (Å²) in [5, 5.41) is 7.95. The number of urea groups is 1. The number of anilines is 1. The second kappa shape index (κ2) is 6.72. The van der Waals surface area contributed by atoms with E-state index in [-0.39, 0.29) is 6.03 Å². The number of hydrogen-bond donors (Lipinski definition) is 2. The van der Waals surface area contributed by atoms with Crippen LogP contribution in [0.4, 0.5) is 10.5 Å². The van der Waals surface area contributed by atoms with Crippen molar-refractivity contribution < 1.29 is 4.79 Å². The first-order chi connectivity index (χ1) is 10.8. The molecule has 0 fully saturated rings. The highest BCUT2D eigenvalue weighted by atomic mass is 16.2. The fraction of sp³-hybridized carbons (Fsp3) is 0.111. The highest BCUT2D eigenvalue weighted by Gasteiger charge is 2.02. The first-order valence-corrected chi connectivity index (χ1v) is 7.25. The van der Waals surface area contributed by atoms with E-state index in [4.69, 9.17) is 0 Å². The van der Waals surface area contributed by atoms with E-state index in [9.17, 15) is 4.79 Å². The van der Waals surface area contributed by atoms with E-state index in [1.54, 1.807) is 6.20 Å². The van der Waals surface area contributed by atoms with Gasteiger partial charge in [0.05, 0.1) is 0 Å². The van der Waals surface area contributed by atoms with Gasteiger partial charge in [-0.15, -0.1) is 0 Å². The number of carbonyl (C=O) groups is 1. The van der Waals surface area contributed by atoms with Crippen LogP contribution in [0.5, 0.6) is 0 Å². The summed E-state index contributed by atoms with van der Waals surface area (Å²) in [6.45, 7) is 0.552. The normalized spacial score (nSPS) is 10.4. The highest BCUT2D eigenvalue weighted by Crippen LogP contribution is 2.18. The zero-order valence-electron chi connectivity index (χ0n) is 12.1. The van der Waals surface area contributed by atoms with Crippen LogP contribution in [0, 0.1) is 0 Å². The maximum Gasteiger partial charge on any atom is 0.319 e. The lowest BCUT2D eigenvalue weighted by atomic mass is 10.1. The SMILES string of the molecule is O=C(NCCc1ccccn1)Nc1ccc2ccccc2c1. The van der Waals surface area contributed by atoms with E-state index in [2.05, 4.69) is 15.6 Å². The number of rotatable bonds is 4. The molecule has 2 aromatic carbocycles. The summed E-state index contributed by atoms with van der Waals surface area (Å²) in [4.78, 5) is 16.1. The predicted molar refractivity (Wildman–Crippen MR) is 88.9 cm³/mol. The second-order valence-electron chi connectivity index (χ2n) is 5.01. The minimum Gasteiger partial charge on any atom is -0.337 e. The van der Waals surface area contributed by atoms with Crippen LogP contribution in [0.25, 0.3) is 10.8 Å². The van der Waals surface area contributed by atoms with Crippen LogP contribution in [0.2, 0.25) is 0 Å². The van der Waals surface area contributed by atoms with Gasteiger partial charge in [-0.05, 0) is 35.0 Å². The molecular weight excluding hydrogens is 274 g/mol. The number of pyridine rings is 1. The molecule has 0 atom stereocenters. The third kappa shape index (κ3) is 3.61. The molecule has 0 aliphatic heterocycles. The van der Waals surface area contributed by atoms with Crippen LogP contribution in [0.15, 0.2) is 66.9 Å². The van der Waals surface area contributed by atoms with Gasteiger partial charge in [-0.2, -0.15) is 0 Å². The summed E-state index contributed by atoms with van der Waals surface area (Å²) in [6.07, 6.45) is 2.47. The third-order valence-electron chi connectivity index (χ3n) is 3.40. The lowest BCUT2D eigenvalue weighted by Crippen LogP contribution is -2.30. The fourth-order valence-corrected chi connectivity index (χ4v) is 2.29. The molecule has 4 heteroatoms. The molecule has 0 saturated carbocycles. The molecule has 3 aromatic rings. The molecule has 0 saturated heterocycles. The van der Waals surface area contributed by atoms with E-state index in [1.807, 2.05) is 60.7 Å². The van der Waals surface area contributed by atoms with Gasteiger partial charge in [0.15, 0.2) is 0 Å². The van der Waals surface area contributed by atoms with Crippen molar-refractivity contribution in [2.75, 3.05) is 11.9 Å². The maximum atomic E-state index is 11.9. The molecule has 3 rings (SSSR count). The van der Waals surface area contributed by atoms with Gasteiger partial charge in [0.1, 0.15) is 0 Å². The number of nitrogens with zero attached hydrogens (tertiary/aromatic N) is 1. The van der Waals surface area contributed by atoms with E-state index >= 15 is 0 Å². The van der Waals surface area contributed by atoms with Crippen molar-refractivity contribution in [3.63, 3.8) is 0 Å². The van der Waals surface area contributed by atoms with Gasteiger partial charge >= 0.3 is 6.03 Å². The average Bonchev–Trinajstić information content (AvgIpc) is 2.56. The summed E-state index contributed by atoms with van der Waals surface area (Å²) in [5.41, 5.74) is 1.75. The molecule has 2 N–H and O–H groups in total. The molecule has 0 radical (unpaired) electrons. The molecule has 0 unspecified atom stereocenters. The number of carbonyl (C=O) groups excluding carboxylic acids is 1. The molecular formula is C18H17N3O. The first kappa shape index (κ1) is 14.1. The van der Waals surface area contributed by atoms with E-state index in [1.165, 1.54) is 0 Å². The van der Waals surface area contributed by atoms with Gasteiger partial charge < -0.3 is 10.6 Å². The number of amides is 2. The molecule has 110 valence electrons. The second-order valence-corrected chi connectivity index (χ2v) is 5.01. The summed E-state index contributed by atoms with van der Waals surface area (Å²) in [6, 6.07) is 19.5. The van der Waals surface area contributed by atoms with Crippen molar-refractivity contribution in [1.29, 1.82) is 0 Å². The molecule has 1 heterocycles. The van der Waals surface area contributed by atoms with Gasteiger partial charge in [-0.3, -0.25) is 4.98 Å². The van der Waals surface area contributed by atoms with Crippen molar-refractivity contribution in [1.82, 2.24) is 10.3 Å². The lowest BCUT2D eigenvalue weighted by molar-refractivity contribution is 0.252. The molecule has 0 spiro atoms. The van der Waals surface area contributed by atoms with Gasteiger partial charge in [-0.25, -0.2) is 4.79 Å². The Morgan fingerprint density at radius 2 is 1.77 bits per heavy atom. The summed E-state index contributed by atoms with van der Waals surface area (Å²) in [7, 11) is 0. The van der Waals surface area contributed by atoms with Crippen LogP contribution in [0.1, 0.15) is 5.69 Å². The van der Waals surface area contributed by atoms with Crippen LogP contribution < -0.4 is 10.6 Å². The van der Waals surface area contributed by atoms with E-state index in [0.717, 1.165) is 22.2 Å². The van der Waals surface area contributed by atoms with Crippen LogP contribution in [-0.4, -0.2) is 17.6 Å². The monoisotopic (exact) mass is 291 g/mol. The standard InChI is InChI=1S/C18H17N3O/c22-18(20-12-10-16-7-3-4-11-19-16)21-17-9-8-14-5-1-2-6-15(14)13-17/h1-9,11,13H,10,12H2,(H2,20,21,22). The largest absolute Gasteiger partial charge is 0.337 e. The van der Waals surface area contributed by atoms with Crippen LogP contribution >= 0.6 is 0 Å². The van der Waals surface area contributed by atoms with Gasteiger partial charge in [0, 0.05) is 30.5 Å². The van der Waals surface area contributed by atoms with Gasteiger partial charge in [0.2, 0.25) is 0 Å². The molecule has 0 bridgehead atoms. The van der Waals surface area contributed by atoms with Crippen LogP contribution in [-0.2, 0) is 6.42 Å². The Labute approximate surface area is 129 Å². The van der Waals surface area contributed by atoms with Crippen molar-refractivity contribution in [3.8, 4) is 0 Å². The summed E-state index contributed by atoms with van der Waals surface area (Å²) < 4.78 is 0. The van der Waals surface area contributed by atoms with Crippen LogP contribution in [0.3, 0.4) is 0 Å². The summed E-state index contributed by atoms with van der Waals surface area (Å²) >= 11 is 0. The maximum absolute atomic E-state index is 11.9. The number of hydrogen-bond acceptors (Lipinski definition) is 2. The zero-order valence-corrected chi connectivity index (χ0v) is 12.1. The molecule has 2 amide bonds. The highest BCUT2D eigenvalue weighted by molar-refractivity contribution is 5.93. The molecule has 1 aromatic heterocycles. The van der Waals surface area contributed by atoms with Crippen molar-refractivity contribution in [2.45, 2.75) is 6.42 Å². The Balaban J connectivity index is 1.54. The Morgan fingerprint density at radius 1 is 0.955 bits per heavy atom. The number of nitrogens with one attached hydrogen (secondary N) is 2. The third-order valence-corrected chi connectivity index (χ3v) is 3.40.